The molecule has 1 aliphatic rings. The van der Waals surface area contributed by atoms with Crippen molar-refractivity contribution in [2.24, 2.45) is 5.92 Å². The van der Waals surface area contributed by atoms with Crippen molar-refractivity contribution in [1.29, 1.82) is 0 Å². The highest BCUT2D eigenvalue weighted by atomic mass is 15.2. The van der Waals surface area contributed by atoms with Crippen LogP contribution in [0.15, 0.2) is 0 Å². The summed E-state index contributed by atoms with van der Waals surface area (Å²) in [6.45, 7) is 12.8. The van der Waals surface area contributed by atoms with Crippen LogP contribution in [0.5, 0.6) is 0 Å². The van der Waals surface area contributed by atoms with Crippen LogP contribution in [0.25, 0.3) is 0 Å². The first-order valence-electron chi connectivity index (χ1n) is 5.66. The molecule has 0 saturated carbocycles. The Morgan fingerprint density at radius 3 is 2.54 bits per heavy atom. The Hall–Kier alpha value is -0.0800. The van der Waals surface area contributed by atoms with Crippen LogP contribution < -0.4 is 5.32 Å². The molecule has 0 amide bonds. The van der Waals surface area contributed by atoms with E-state index in [4.69, 9.17) is 0 Å². The molecule has 1 aliphatic heterocycles. The number of nitrogens with one attached hydrogen (secondary N) is 1. The van der Waals surface area contributed by atoms with E-state index in [1.807, 2.05) is 0 Å². The molecule has 2 atom stereocenters. The van der Waals surface area contributed by atoms with Crippen LogP contribution in [0, 0.1) is 5.92 Å². The number of nitrogens with zero attached hydrogens (tertiary/aromatic N) is 1. The maximum absolute atomic E-state index is 3.62. The average molecular weight is 184 g/mol. The van der Waals surface area contributed by atoms with Crippen molar-refractivity contribution in [3.63, 3.8) is 0 Å². The van der Waals surface area contributed by atoms with E-state index in [1.54, 1.807) is 0 Å². The first kappa shape index (κ1) is 11.0. The summed E-state index contributed by atoms with van der Waals surface area (Å²) in [4.78, 5) is 2.62. The van der Waals surface area contributed by atoms with Crippen LogP contribution in [-0.4, -0.2) is 36.6 Å². The molecule has 1 saturated heterocycles. The van der Waals surface area contributed by atoms with Gasteiger partial charge in [-0.25, -0.2) is 0 Å². The Kier molecular flexibility index (Phi) is 4.20. The van der Waals surface area contributed by atoms with Crippen LogP contribution >= 0.6 is 0 Å². The minimum Gasteiger partial charge on any atom is -0.311 e. The molecule has 0 radical (unpaired) electrons. The van der Waals surface area contributed by atoms with Crippen molar-refractivity contribution in [3.05, 3.63) is 0 Å². The Morgan fingerprint density at radius 1 is 1.38 bits per heavy atom. The van der Waals surface area contributed by atoms with E-state index in [0.29, 0.717) is 0 Å². The first-order chi connectivity index (χ1) is 6.19. The second kappa shape index (κ2) is 4.97. The number of likely N-dealkylation sites (N-methyl/N-ethyl adjacent to an activating group) is 1. The van der Waals surface area contributed by atoms with E-state index in [2.05, 4.69) is 37.9 Å². The van der Waals surface area contributed by atoms with Crippen molar-refractivity contribution in [1.82, 2.24) is 10.2 Å². The van der Waals surface area contributed by atoms with Gasteiger partial charge in [-0.05, 0) is 18.9 Å². The highest BCUT2D eigenvalue weighted by molar-refractivity contribution is 4.86. The molecule has 0 aliphatic carbocycles. The molecule has 1 rings (SSSR count). The van der Waals surface area contributed by atoms with Gasteiger partial charge in [-0.15, -0.1) is 0 Å². The van der Waals surface area contributed by atoms with Gasteiger partial charge < -0.3 is 5.32 Å². The third-order valence-corrected chi connectivity index (χ3v) is 3.21. The predicted octanol–water partition coefficient (Wildman–Crippen LogP) is 1.71. The Balaban J connectivity index is 2.50. The zero-order valence-electron chi connectivity index (χ0n) is 9.51. The number of hydrogen-bond donors (Lipinski definition) is 1. The summed E-state index contributed by atoms with van der Waals surface area (Å²) in [6.07, 6.45) is 1.25. The lowest BCUT2D eigenvalue weighted by Crippen LogP contribution is -2.57. The fourth-order valence-corrected chi connectivity index (χ4v) is 2.19. The van der Waals surface area contributed by atoms with Gasteiger partial charge in [0, 0.05) is 25.2 Å². The third kappa shape index (κ3) is 2.68. The van der Waals surface area contributed by atoms with Gasteiger partial charge in [0.25, 0.3) is 0 Å². The van der Waals surface area contributed by atoms with Crippen LogP contribution in [0.4, 0.5) is 0 Å². The quantitative estimate of drug-likeness (QED) is 0.718. The largest absolute Gasteiger partial charge is 0.311 e. The molecule has 1 N–H and O–H groups in total. The van der Waals surface area contributed by atoms with Crippen molar-refractivity contribution in [2.45, 2.75) is 46.2 Å². The van der Waals surface area contributed by atoms with E-state index in [9.17, 15) is 0 Å². The van der Waals surface area contributed by atoms with Crippen LogP contribution in [-0.2, 0) is 0 Å². The van der Waals surface area contributed by atoms with E-state index in [0.717, 1.165) is 18.0 Å². The molecule has 0 bridgehead atoms. The van der Waals surface area contributed by atoms with Gasteiger partial charge >= 0.3 is 0 Å². The zero-order chi connectivity index (χ0) is 9.84. The van der Waals surface area contributed by atoms with Crippen LogP contribution in [0.2, 0.25) is 0 Å². The minimum absolute atomic E-state index is 0.718. The van der Waals surface area contributed by atoms with E-state index >= 15 is 0 Å². The number of piperazine rings is 1. The maximum atomic E-state index is 3.62. The van der Waals surface area contributed by atoms with Crippen molar-refractivity contribution < 1.29 is 0 Å². The lowest BCUT2D eigenvalue weighted by atomic mass is 9.98. The van der Waals surface area contributed by atoms with Gasteiger partial charge in [0.05, 0.1) is 0 Å². The van der Waals surface area contributed by atoms with Crippen LogP contribution in [0.1, 0.15) is 34.1 Å². The molecular formula is C11H24N2. The van der Waals surface area contributed by atoms with Gasteiger partial charge in [-0.3, -0.25) is 4.90 Å². The average Bonchev–Trinajstić information content (AvgIpc) is 2.16. The molecule has 2 heteroatoms. The molecule has 0 aromatic heterocycles. The fourth-order valence-electron chi connectivity index (χ4n) is 2.19. The lowest BCUT2D eigenvalue weighted by molar-refractivity contribution is 0.103. The fraction of sp³-hybridized carbons (Fsp3) is 1.00. The molecule has 2 nitrogen and oxygen atoms in total. The summed E-state index contributed by atoms with van der Waals surface area (Å²) in [7, 11) is 0. The van der Waals surface area contributed by atoms with Gasteiger partial charge in [0.2, 0.25) is 0 Å². The summed E-state index contributed by atoms with van der Waals surface area (Å²) >= 11 is 0. The minimum atomic E-state index is 0.718. The van der Waals surface area contributed by atoms with E-state index in [-0.39, 0.29) is 0 Å². The molecule has 0 aromatic rings. The monoisotopic (exact) mass is 184 g/mol. The number of rotatable bonds is 3. The molecule has 0 spiro atoms. The SMILES string of the molecule is CCC1CN(CC)C(C(C)C)CN1. The predicted molar refractivity (Wildman–Crippen MR) is 58.0 cm³/mol. The van der Waals surface area contributed by atoms with Crippen LogP contribution in [0.3, 0.4) is 0 Å². The van der Waals surface area contributed by atoms with Gasteiger partial charge in [-0.2, -0.15) is 0 Å². The Morgan fingerprint density at radius 2 is 2.08 bits per heavy atom. The maximum Gasteiger partial charge on any atom is 0.0244 e. The molecule has 1 fully saturated rings. The highest BCUT2D eigenvalue weighted by Crippen LogP contribution is 2.15. The zero-order valence-corrected chi connectivity index (χ0v) is 9.51. The second-order valence-electron chi connectivity index (χ2n) is 4.41. The summed E-state index contributed by atoms with van der Waals surface area (Å²) in [5.74, 6) is 0.769. The van der Waals surface area contributed by atoms with E-state index < -0.39 is 0 Å². The summed E-state index contributed by atoms with van der Waals surface area (Å²) in [5, 5.41) is 3.62. The second-order valence-corrected chi connectivity index (χ2v) is 4.41. The van der Waals surface area contributed by atoms with Gasteiger partial charge in [-0.1, -0.05) is 27.7 Å². The Bertz CT molecular complexity index is 145. The molecule has 13 heavy (non-hydrogen) atoms. The van der Waals surface area contributed by atoms with Gasteiger partial charge in [0.15, 0.2) is 0 Å². The molecule has 0 aromatic carbocycles. The van der Waals surface area contributed by atoms with E-state index in [1.165, 1.54) is 26.1 Å². The smallest absolute Gasteiger partial charge is 0.0244 e. The summed E-state index contributed by atoms with van der Waals surface area (Å²) in [6, 6.07) is 1.46. The van der Waals surface area contributed by atoms with Crippen molar-refractivity contribution >= 4 is 0 Å². The van der Waals surface area contributed by atoms with Gasteiger partial charge in [0.1, 0.15) is 0 Å². The molecule has 2 unspecified atom stereocenters. The molecule has 1 heterocycles. The molecule has 78 valence electrons. The first-order valence-corrected chi connectivity index (χ1v) is 5.66. The number of hydrogen-bond acceptors (Lipinski definition) is 2. The Labute approximate surface area is 82.7 Å². The summed E-state index contributed by atoms with van der Waals surface area (Å²) in [5.41, 5.74) is 0. The molecular weight excluding hydrogens is 160 g/mol. The third-order valence-electron chi connectivity index (χ3n) is 3.21. The normalized spacial score (nSPS) is 31.2. The topological polar surface area (TPSA) is 15.3 Å². The highest BCUT2D eigenvalue weighted by Gasteiger charge is 2.27. The standard InChI is InChI=1S/C11H24N2/c1-5-10-8-13(6-2)11(7-12-10)9(3)4/h9-12H,5-8H2,1-4H3. The summed E-state index contributed by atoms with van der Waals surface area (Å²) < 4.78 is 0. The van der Waals surface area contributed by atoms with Crippen molar-refractivity contribution in [3.8, 4) is 0 Å². The van der Waals surface area contributed by atoms with Crippen molar-refractivity contribution in [2.75, 3.05) is 19.6 Å². The lowest BCUT2D eigenvalue weighted by Gasteiger charge is -2.41.